The number of halogens is 1. The van der Waals surface area contributed by atoms with Crippen molar-refractivity contribution in [2.45, 2.75) is 26.3 Å². The standard InChI is InChI=1S/C15H17FN2O2S/c1-9(8-19)17-15(20)14-10(2)18-13(21-14)7-11-3-5-12(16)6-4-11/h3-6,9,19H,7-8H2,1-2H3,(H,17,20). The Morgan fingerprint density at radius 3 is 2.71 bits per heavy atom. The van der Waals surface area contributed by atoms with E-state index < -0.39 is 0 Å². The van der Waals surface area contributed by atoms with Crippen LogP contribution in [0.5, 0.6) is 0 Å². The first kappa shape index (κ1) is 15.6. The van der Waals surface area contributed by atoms with Crippen LogP contribution in [0.3, 0.4) is 0 Å². The van der Waals surface area contributed by atoms with Gasteiger partial charge in [-0.2, -0.15) is 0 Å². The number of hydrogen-bond acceptors (Lipinski definition) is 4. The molecule has 1 aromatic carbocycles. The van der Waals surface area contributed by atoms with E-state index in [2.05, 4.69) is 10.3 Å². The first-order valence-corrected chi connectivity index (χ1v) is 7.43. The van der Waals surface area contributed by atoms with Crippen molar-refractivity contribution in [1.82, 2.24) is 10.3 Å². The van der Waals surface area contributed by atoms with Crippen molar-refractivity contribution in [2.24, 2.45) is 0 Å². The normalized spacial score (nSPS) is 12.2. The highest BCUT2D eigenvalue weighted by atomic mass is 32.1. The van der Waals surface area contributed by atoms with Crippen molar-refractivity contribution in [1.29, 1.82) is 0 Å². The van der Waals surface area contributed by atoms with Crippen LogP contribution >= 0.6 is 11.3 Å². The Bertz CT molecular complexity index is 625. The van der Waals surface area contributed by atoms with Gasteiger partial charge in [-0.25, -0.2) is 9.37 Å². The average molecular weight is 308 g/mol. The molecule has 2 N–H and O–H groups in total. The van der Waals surface area contributed by atoms with Gasteiger partial charge >= 0.3 is 0 Å². The van der Waals surface area contributed by atoms with Crippen LogP contribution < -0.4 is 5.32 Å². The quantitative estimate of drug-likeness (QED) is 0.891. The second-order valence-corrected chi connectivity index (χ2v) is 5.97. The number of aryl methyl sites for hydroxylation is 1. The maximum absolute atomic E-state index is 12.9. The molecule has 0 aliphatic rings. The lowest BCUT2D eigenvalue weighted by Gasteiger charge is -2.09. The van der Waals surface area contributed by atoms with Gasteiger partial charge < -0.3 is 10.4 Å². The summed E-state index contributed by atoms with van der Waals surface area (Å²) in [5.41, 5.74) is 1.61. The maximum atomic E-state index is 12.9. The molecule has 1 atom stereocenters. The molecule has 21 heavy (non-hydrogen) atoms. The second-order valence-electron chi connectivity index (χ2n) is 4.88. The molecule has 1 aromatic heterocycles. The van der Waals surface area contributed by atoms with Gasteiger partial charge in [0.05, 0.1) is 17.3 Å². The third-order valence-electron chi connectivity index (χ3n) is 2.97. The second kappa shape index (κ2) is 6.78. The van der Waals surface area contributed by atoms with Crippen LogP contribution in [0.4, 0.5) is 4.39 Å². The van der Waals surface area contributed by atoms with E-state index in [0.717, 1.165) is 10.6 Å². The van der Waals surface area contributed by atoms with Gasteiger partial charge in [-0.05, 0) is 31.5 Å². The monoisotopic (exact) mass is 308 g/mol. The van der Waals surface area contributed by atoms with Gasteiger partial charge in [0.1, 0.15) is 10.7 Å². The molecule has 4 nitrogen and oxygen atoms in total. The Morgan fingerprint density at radius 1 is 1.43 bits per heavy atom. The van der Waals surface area contributed by atoms with E-state index in [1.807, 2.05) is 0 Å². The highest BCUT2D eigenvalue weighted by Gasteiger charge is 2.16. The maximum Gasteiger partial charge on any atom is 0.263 e. The largest absolute Gasteiger partial charge is 0.394 e. The smallest absolute Gasteiger partial charge is 0.263 e. The van der Waals surface area contributed by atoms with Crippen molar-refractivity contribution >= 4 is 17.2 Å². The lowest BCUT2D eigenvalue weighted by molar-refractivity contribution is 0.0925. The molecule has 1 unspecified atom stereocenters. The number of aliphatic hydroxyl groups is 1. The number of amides is 1. The van der Waals surface area contributed by atoms with Crippen LogP contribution in [0.15, 0.2) is 24.3 Å². The molecule has 2 aromatic rings. The van der Waals surface area contributed by atoms with Gasteiger partial charge in [0, 0.05) is 12.5 Å². The zero-order chi connectivity index (χ0) is 15.4. The Morgan fingerprint density at radius 2 is 2.10 bits per heavy atom. The van der Waals surface area contributed by atoms with Crippen molar-refractivity contribution in [3.63, 3.8) is 0 Å². The van der Waals surface area contributed by atoms with Crippen LogP contribution in [0.25, 0.3) is 0 Å². The molecule has 0 aliphatic carbocycles. The van der Waals surface area contributed by atoms with Crippen LogP contribution in [-0.2, 0) is 6.42 Å². The van der Waals surface area contributed by atoms with E-state index in [4.69, 9.17) is 5.11 Å². The number of carbonyl (C=O) groups is 1. The zero-order valence-corrected chi connectivity index (χ0v) is 12.7. The summed E-state index contributed by atoms with van der Waals surface area (Å²) in [7, 11) is 0. The third kappa shape index (κ3) is 4.09. The number of aromatic nitrogens is 1. The molecule has 0 fully saturated rings. The molecule has 6 heteroatoms. The Hall–Kier alpha value is -1.79. The summed E-state index contributed by atoms with van der Waals surface area (Å²) >= 11 is 1.32. The van der Waals surface area contributed by atoms with Crippen molar-refractivity contribution in [3.8, 4) is 0 Å². The minimum Gasteiger partial charge on any atom is -0.394 e. The Kier molecular flexibility index (Phi) is 5.03. The number of thiazole rings is 1. The van der Waals surface area contributed by atoms with Gasteiger partial charge in [0.15, 0.2) is 0 Å². The summed E-state index contributed by atoms with van der Waals surface area (Å²) in [6.45, 7) is 3.41. The summed E-state index contributed by atoms with van der Waals surface area (Å²) < 4.78 is 12.9. The van der Waals surface area contributed by atoms with Gasteiger partial charge in [-0.3, -0.25) is 4.79 Å². The van der Waals surface area contributed by atoms with Crippen LogP contribution in [0.2, 0.25) is 0 Å². The summed E-state index contributed by atoms with van der Waals surface area (Å²) in [6, 6.07) is 5.94. The van der Waals surface area contributed by atoms with E-state index in [9.17, 15) is 9.18 Å². The number of hydrogen-bond donors (Lipinski definition) is 2. The Balaban J connectivity index is 2.11. The number of rotatable bonds is 5. The van der Waals surface area contributed by atoms with E-state index in [-0.39, 0.29) is 24.4 Å². The summed E-state index contributed by atoms with van der Waals surface area (Å²) in [5, 5.41) is 12.5. The van der Waals surface area contributed by atoms with E-state index in [1.165, 1.54) is 23.5 Å². The van der Waals surface area contributed by atoms with Gasteiger partial charge in [-0.1, -0.05) is 12.1 Å². The molecule has 0 spiro atoms. The first-order valence-electron chi connectivity index (χ1n) is 6.62. The minimum atomic E-state index is -0.292. The van der Waals surface area contributed by atoms with Gasteiger partial charge in [0.25, 0.3) is 5.91 Å². The van der Waals surface area contributed by atoms with Crippen molar-refractivity contribution in [2.75, 3.05) is 6.61 Å². The van der Waals surface area contributed by atoms with Gasteiger partial charge in [-0.15, -0.1) is 11.3 Å². The van der Waals surface area contributed by atoms with Crippen molar-refractivity contribution in [3.05, 3.63) is 51.2 Å². The molecule has 2 rings (SSSR count). The highest BCUT2D eigenvalue weighted by Crippen LogP contribution is 2.21. The number of benzene rings is 1. The highest BCUT2D eigenvalue weighted by molar-refractivity contribution is 7.13. The number of nitrogens with zero attached hydrogens (tertiary/aromatic N) is 1. The lowest BCUT2D eigenvalue weighted by Crippen LogP contribution is -2.34. The van der Waals surface area contributed by atoms with E-state index >= 15 is 0 Å². The topological polar surface area (TPSA) is 62.2 Å². The number of nitrogens with one attached hydrogen (secondary N) is 1. The van der Waals surface area contributed by atoms with E-state index in [0.29, 0.717) is 17.0 Å². The van der Waals surface area contributed by atoms with E-state index in [1.54, 1.807) is 26.0 Å². The summed E-state index contributed by atoms with van der Waals surface area (Å²) in [5.74, 6) is -0.496. The first-order chi connectivity index (χ1) is 9.99. The SMILES string of the molecule is Cc1nc(Cc2ccc(F)cc2)sc1C(=O)NC(C)CO. The number of aliphatic hydroxyl groups excluding tert-OH is 1. The fraction of sp³-hybridized carbons (Fsp3) is 0.333. The molecule has 1 heterocycles. The van der Waals surface area contributed by atoms with Crippen molar-refractivity contribution < 1.29 is 14.3 Å². The molecular formula is C15H17FN2O2S. The molecule has 0 saturated carbocycles. The predicted molar refractivity (Wildman–Crippen MR) is 80.1 cm³/mol. The summed E-state index contributed by atoms with van der Waals surface area (Å²) in [4.78, 5) is 17.0. The minimum absolute atomic E-state index is 0.105. The summed E-state index contributed by atoms with van der Waals surface area (Å²) in [6.07, 6.45) is 0.564. The van der Waals surface area contributed by atoms with Crippen LogP contribution in [0, 0.1) is 12.7 Å². The number of carbonyl (C=O) groups excluding carboxylic acids is 1. The molecular weight excluding hydrogens is 291 g/mol. The average Bonchev–Trinajstić information content (AvgIpc) is 2.82. The molecule has 0 radical (unpaired) electrons. The predicted octanol–water partition coefficient (Wildman–Crippen LogP) is 2.29. The lowest BCUT2D eigenvalue weighted by atomic mass is 10.1. The molecule has 112 valence electrons. The zero-order valence-electron chi connectivity index (χ0n) is 11.9. The molecule has 1 amide bonds. The molecule has 0 bridgehead atoms. The fourth-order valence-corrected chi connectivity index (χ4v) is 2.85. The molecule has 0 saturated heterocycles. The fourth-order valence-electron chi connectivity index (χ4n) is 1.85. The van der Waals surface area contributed by atoms with Gasteiger partial charge in [0.2, 0.25) is 0 Å². The van der Waals surface area contributed by atoms with Crippen LogP contribution in [-0.4, -0.2) is 28.6 Å². The third-order valence-corrected chi connectivity index (χ3v) is 4.12. The van der Waals surface area contributed by atoms with Crippen LogP contribution in [0.1, 0.15) is 32.9 Å². The Labute approximate surface area is 126 Å². The molecule has 0 aliphatic heterocycles.